The van der Waals surface area contributed by atoms with Crippen LogP contribution in [0.2, 0.25) is 0 Å². The molecular formula is C90H63BN2S. The molecule has 0 saturated carbocycles. The van der Waals surface area contributed by atoms with Crippen LogP contribution in [0.1, 0.15) is 26.3 Å². The Bertz CT molecular complexity index is 5480. The first kappa shape index (κ1) is 55.5. The summed E-state index contributed by atoms with van der Waals surface area (Å²) in [6.07, 6.45) is 0. The van der Waals surface area contributed by atoms with E-state index in [0.717, 1.165) is 67.3 Å². The molecule has 0 saturated heterocycles. The number of para-hydroxylation sites is 2. The van der Waals surface area contributed by atoms with E-state index in [0.29, 0.717) is 0 Å². The Kier molecular flexibility index (Phi) is 13.1. The summed E-state index contributed by atoms with van der Waals surface area (Å²) >= 11 is 1.90. The number of nitrogens with zero attached hydrogens (tertiary/aromatic N) is 2. The first-order valence-electron chi connectivity index (χ1n) is 32.8. The highest BCUT2D eigenvalue weighted by molar-refractivity contribution is 7.26. The highest BCUT2D eigenvalue weighted by atomic mass is 32.1. The Labute approximate surface area is 553 Å². The molecule has 1 aromatic heterocycles. The first-order chi connectivity index (χ1) is 46.3. The minimum Gasteiger partial charge on any atom is -0.310 e. The lowest BCUT2D eigenvalue weighted by Crippen LogP contribution is -2.61. The predicted octanol–water partition coefficient (Wildman–Crippen LogP) is 23.4. The van der Waals surface area contributed by atoms with Gasteiger partial charge in [-0.25, -0.2) is 0 Å². The van der Waals surface area contributed by atoms with Gasteiger partial charge in [-0.1, -0.05) is 318 Å². The van der Waals surface area contributed by atoms with Gasteiger partial charge >= 0.3 is 0 Å². The molecule has 0 N–H and O–H groups in total. The quantitative estimate of drug-likeness (QED) is 0.105. The van der Waals surface area contributed by atoms with Crippen molar-refractivity contribution >= 4 is 110 Å². The topological polar surface area (TPSA) is 6.48 Å². The molecule has 2 aliphatic heterocycles. The molecule has 0 amide bonds. The number of hydrogen-bond donors (Lipinski definition) is 0. The summed E-state index contributed by atoms with van der Waals surface area (Å²) in [6, 6.07) is 123. The lowest BCUT2D eigenvalue weighted by molar-refractivity contribution is 0.590. The molecule has 0 aliphatic carbocycles. The molecule has 2 aliphatic rings. The van der Waals surface area contributed by atoms with E-state index < -0.39 is 0 Å². The van der Waals surface area contributed by atoms with E-state index in [-0.39, 0.29) is 12.1 Å². The van der Waals surface area contributed by atoms with Crippen molar-refractivity contribution in [3.63, 3.8) is 0 Å². The van der Waals surface area contributed by atoms with Crippen molar-refractivity contribution < 1.29 is 0 Å². The van der Waals surface area contributed by atoms with E-state index in [4.69, 9.17) is 0 Å². The normalized spacial score (nSPS) is 12.6. The summed E-state index contributed by atoms with van der Waals surface area (Å²) in [5.74, 6) is 0. The maximum atomic E-state index is 2.71. The minimum atomic E-state index is -0.291. The van der Waals surface area contributed by atoms with Gasteiger partial charge in [-0.05, 0) is 135 Å². The van der Waals surface area contributed by atoms with E-state index in [1.165, 1.54) is 108 Å². The second-order valence-electron chi connectivity index (χ2n) is 26.2. The zero-order valence-corrected chi connectivity index (χ0v) is 53.4. The molecule has 94 heavy (non-hydrogen) atoms. The van der Waals surface area contributed by atoms with Crippen molar-refractivity contribution in [3.8, 4) is 77.9 Å². The van der Waals surface area contributed by atoms with E-state index in [2.05, 4.69) is 358 Å². The number of benzene rings is 15. The summed E-state index contributed by atoms with van der Waals surface area (Å²) in [5.41, 5.74) is 28.2. The van der Waals surface area contributed by atoms with Crippen molar-refractivity contribution in [3.05, 3.63) is 333 Å². The molecule has 3 heterocycles. The Hall–Kier alpha value is -11.3. The van der Waals surface area contributed by atoms with Gasteiger partial charge < -0.3 is 9.80 Å². The average Bonchev–Trinajstić information content (AvgIpc) is 0.778. The largest absolute Gasteiger partial charge is 0.310 e. The predicted molar refractivity (Wildman–Crippen MR) is 405 cm³/mol. The molecule has 16 aromatic rings. The number of fused-ring (bicyclic) bond motifs is 9. The van der Waals surface area contributed by atoms with Gasteiger partial charge in [0.1, 0.15) is 0 Å². The van der Waals surface area contributed by atoms with Crippen LogP contribution in [0.15, 0.2) is 328 Å². The Morgan fingerprint density at radius 1 is 0.277 bits per heavy atom. The lowest BCUT2D eigenvalue weighted by atomic mass is 9.33. The molecule has 442 valence electrons. The molecule has 15 aromatic carbocycles. The van der Waals surface area contributed by atoms with E-state index >= 15 is 0 Å². The third-order valence-corrected chi connectivity index (χ3v) is 21.0. The van der Waals surface area contributed by atoms with Gasteiger partial charge in [-0.3, -0.25) is 0 Å². The summed E-state index contributed by atoms with van der Waals surface area (Å²) < 4.78 is 2.60. The standard InChI is InChI=1S/C90H63BN2S/c1-90(2,3)65-56-81-86-82(57-65)93(88-68(60-32-13-6-14-33-60)45-26-46-69(88)61-34-15-7-16-35-61)80-55-64(85-74-41-21-19-39-72(74)84(62-36-17-8-18-37-62)73-40-20-22-42-75(73)85)51-53-78(80)91(86)77-52-50-63(70-47-27-48-76-71-38-23-24-49-83(71)94-89(70)76)54-79(77)92(81)87-66(58-28-9-4-10-29-58)43-25-44-67(87)59-30-11-5-12-31-59/h4-57H,1-3H3. The van der Waals surface area contributed by atoms with Crippen molar-refractivity contribution in [2.75, 3.05) is 9.80 Å². The van der Waals surface area contributed by atoms with Crippen LogP contribution >= 0.6 is 11.3 Å². The van der Waals surface area contributed by atoms with E-state index in [9.17, 15) is 0 Å². The molecule has 0 fully saturated rings. The number of anilines is 6. The van der Waals surface area contributed by atoms with Gasteiger partial charge in [0.2, 0.25) is 0 Å². The van der Waals surface area contributed by atoms with Gasteiger partial charge in [0.25, 0.3) is 6.71 Å². The summed E-state index contributed by atoms with van der Waals surface area (Å²) in [7, 11) is 0. The summed E-state index contributed by atoms with van der Waals surface area (Å²) in [6.45, 7) is 6.97. The van der Waals surface area contributed by atoms with Crippen LogP contribution in [-0.2, 0) is 5.41 Å². The van der Waals surface area contributed by atoms with Crippen LogP contribution in [0.4, 0.5) is 34.1 Å². The van der Waals surface area contributed by atoms with Crippen molar-refractivity contribution in [2.24, 2.45) is 0 Å². The SMILES string of the molecule is CC(C)(C)c1cc2c3c(c1)N(c1c(-c4ccccc4)cccc1-c1ccccc1)c1cc(-c4cccc5c4sc4ccccc45)ccc1B3c1ccc(-c3c4ccccc4c(-c4ccccc4)c4ccccc34)cc1N2c1c(-c2ccccc2)cccc1-c1ccccc1. The molecular weight excluding hydrogens is 1150 g/mol. The number of rotatable bonds is 9. The fraction of sp³-hybridized carbons (Fsp3) is 0.0444. The van der Waals surface area contributed by atoms with Gasteiger partial charge in [-0.15, -0.1) is 11.3 Å². The van der Waals surface area contributed by atoms with E-state index in [1.54, 1.807) is 0 Å². The van der Waals surface area contributed by atoms with Crippen LogP contribution in [0.3, 0.4) is 0 Å². The third-order valence-electron chi connectivity index (χ3n) is 19.8. The molecule has 0 bridgehead atoms. The Balaban J connectivity index is 1.00. The third kappa shape index (κ3) is 8.92. The summed E-state index contributed by atoms with van der Waals surface area (Å²) in [4.78, 5) is 5.40. The molecule has 4 heteroatoms. The van der Waals surface area contributed by atoms with Crippen LogP contribution in [0.25, 0.3) is 120 Å². The van der Waals surface area contributed by atoms with Gasteiger partial charge in [0, 0.05) is 65.2 Å². The first-order valence-corrected chi connectivity index (χ1v) is 33.6. The van der Waals surface area contributed by atoms with Crippen LogP contribution in [-0.4, -0.2) is 6.71 Å². The van der Waals surface area contributed by atoms with Gasteiger partial charge in [0.15, 0.2) is 0 Å². The molecule has 2 nitrogen and oxygen atoms in total. The van der Waals surface area contributed by atoms with Gasteiger partial charge in [-0.2, -0.15) is 0 Å². The van der Waals surface area contributed by atoms with E-state index in [1.807, 2.05) is 11.3 Å². The summed E-state index contributed by atoms with van der Waals surface area (Å²) in [5, 5.41) is 7.50. The minimum absolute atomic E-state index is 0.193. The molecule has 0 unspecified atom stereocenters. The highest BCUT2D eigenvalue weighted by Crippen LogP contribution is 2.55. The molecule has 0 spiro atoms. The zero-order valence-electron chi connectivity index (χ0n) is 52.6. The lowest BCUT2D eigenvalue weighted by Gasteiger charge is -2.46. The van der Waals surface area contributed by atoms with Crippen LogP contribution in [0.5, 0.6) is 0 Å². The fourth-order valence-electron chi connectivity index (χ4n) is 15.5. The highest BCUT2D eigenvalue weighted by Gasteiger charge is 2.46. The van der Waals surface area contributed by atoms with Crippen molar-refractivity contribution in [1.29, 1.82) is 0 Å². The monoisotopic (exact) mass is 1210 g/mol. The molecule has 18 rings (SSSR count). The maximum absolute atomic E-state index is 2.71. The Morgan fingerprint density at radius 2 is 0.628 bits per heavy atom. The smallest absolute Gasteiger partial charge is 0.252 e. The van der Waals surface area contributed by atoms with Crippen molar-refractivity contribution in [1.82, 2.24) is 0 Å². The van der Waals surface area contributed by atoms with Gasteiger partial charge in [0.05, 0.1) is 11.4 Å². The fourth-order valence-corrected chi connectivity index (χ4v) is 16.8. The second-order valence-corrected chi connectivity index (χ2v) is 27.2. The van der Waals surface area contributed by atoms with Crippen LogP contribution in [0, 0.1) is 0 Å². The number of thiophene rings is 1. The van der Waals surface area contributed by atoms with Crippen LogP contribution < -0.4 is 26.2 Å². The number of hydrogen-bond acceptors (Lipinski definition) is 3. The molecule has 0 radical (unpaired) electrons. The molecule has 0 atom stereocenters. The second kappa shape index (κ2) is 22.2. The Morgan fingerprint density at radius 3 is 1.07 bits per heavy atom. The zero-order chi connectivity index (χ0) is 62.6. The average molecular weight is 1220 g/mol. The maximum Gasteiger partial charge on any atom is 0.252 e. The van der Waals surface area contributed by atoms with Crippen molar-refractivity contribution in [2.45, 2.75) is 26.2 Å².